The zero-order valence-electron chi connectivity index (χ0n) is 13.0. The highest BCUT2D eigenvalue weighted by Gasteiger charge is 2.30. The highest BCUT2D eigenvalue weighted by molar-refractivity contribution is 5.59. The molecule has 0 amide bonds. The maximum atomic E-state index is 12.1. The molecule has 2 rings (SSSR count). The molecule has 0 fully saturated rings. The zero-order chi connectivity index (χ0) is 17.0. The predicted octanol–water partition coefficient (Wildman–Crippen LogP) is 3.89. The Morgan fingerprint density at radius 1 is 1.22 bits per heavy atom. The van der Waals surface area contributed by atoms with Gasteiger partial charge in [0.15, 0.2) is 0 Å². The van der Waals surface area contributed by atoms with Crippen molar-refractivity contribution in [3.05, 3.63) is 36.3 Å². The largest absolute Gasteiger partial charge is 0.573 e. The number of H-pyrrole nitrogens is 1. The third-order valence-electron chi connectivity index (χ3n) is 3.26. The van der Waals surface area contributed by atoms with Gasteiger partial charge >= 0.3 is 6.36 Å². The Bertz CT molecular complexity index is 620. The molecule has 0 aliphatic rings. The minimum absolute atomic E-state index is 0.0246. The minimum Gasteiger partial charge on any atom is -0.406 e. The highest BCUT2D eigenvalue weighted by Crippen LogP contribution is 2.25. The van der Waals surface area contributed by atoms with Gasteiger partial charge in [-0.3, -0.25) is 0 Å². The molecule has 0 bridgehead atoms. The van der Waals surface area contributed by atoms with Gasteiger partial charge in [-0.2, -0.15) is 0 Å². The number of aromatic amines is 1. The molecule has 0 aliphatic heterocycles. The summed E-state index contributed by atoms with van der Waals surface area (Å²) in [5.41, 5.74) is 7.51. The van der Waals surface area contributed by atoms with Gasteiger partial charge < -0.3 is 15.5 Å². The van der Waals surface area contributed by atoms with Crippen LogP contribution in [0, 0.1) is 5.92 Å². The van der Waals surface area contributed by atoms with Crippen LogP contribution in [0.25, 0.3) is 11.3 Å². The van der Waals surface area contributed by atoms with Crippen molar-refractivity contribution < 1.29 is 17.9 Å². The van der Waals surface area contributed by atoms with Crippen LogP contribution in [0.2, 0.25) is 0 Å². The Labute approximate surface area is 132 Å². The summed E-state index contributed by atoms with van der Waals surface area (Å²) in [6.45, 7) is 4.22. The fourth-order valence-corrected chi connectivity index (χ4v) is 2.39. The summed E-state index contributed by atoms with van der Waals surface area (Å²) >= 11 is 0. The third-order valence-corrected chi connectivity index (χ3v) is 3.26. The molecular formula is C16H20F3N3O. The number of hydrogen-bond donors (Lipinski definition) is 2. The molecule has 0 radical (unpaired) electrons. The minimum atomic E-state index is -4.69. The van der Waals surface area contributed by atoms with Crippen LogP contribution in [-0.4, -0.2) is 22.4 Å². The van der Waals surface area contributed by atoms with E-state index in [9.17, 15) is 13.2 Å². The van der Waals surface area contributed by atoms with Gasteiger partial charge in [0, 0.05) is 12.5 Å². The molecule has 1 aromatic heterocycles. The average Bonchev–Trinajstić information content (AvgIpc) is 2.85. The van der Waals surface area contributed by atoms with Gasteiger partial charge in [-0.1, -0.05) is 13.8 Å². The van der Waals surface area contributed by atoms with Crippen LogP contribution in [0.4, 0.5) is 13.2 Å². The Hall–Kier alpha value is -2.02. The van der Waals surface area contributed by atoms with Crippen molar-refractivity contribution in [3.8, 4) is 17.0 Å². The van der Waals surface area contributed by atoms with Crippen molar-refractivity contribution in [1.82, 2.24) is 9.97 Å². The lowest BCUT2D eigenvalue weighted by Gasteiger charge is -2.12. The maximum absolute atomic E-state index is 12.1. The Morgan fingerprint density at radius 3 is 2.43 bits per heavy atom. The summed E-state index contributed by atoms with van der Waals surface area (Å²) < 4.78 is 40.2. The van der Waals surface area contributed by atoms with E-state index in [1.165, 1.54) is 12.1 Å². The molecular weight excluding hydrogens is 307 g/mol. The van der Waals surface area contributed by atoms with Crippen LogP contribution in [0.15, 0.2) is 30.5 Å². The lowest BCUT2D eigenvalue weighted by atomic mass is 10.0. The lowest BCUT2D eigenvalue weighted by Crippen LogP contribution is -2.25. The zero-order valence-corrected chi connectivity index (χ0v) is 13.0. The standard InChI is InChI=1S/C16H20F3N3O/c1-10(2)7-12(20)8-15-21-9-14(22-15)11-3-5-13(6-4-11)23-16(17,18)19/h3-6,9-10,12H,7-8,20H2,1-2H3,(H,21,22)/t12-/m1/s1. The third kappa shape index (κ3) is 5.59. The quantitative estimate of drug-likeness (QED) is 0.846. The van der Waals surface area contributed by atoms with Gasteiger partial charge in [0.1, 0.15) is 11.6 Å². The predicted molar refractivity (Wildman–Crippen MR) is 81.8 cm³/mol. The summed E-state index contributed by atoms with van der Waals surface area (Å²) in [6, 6.07) is 5.66. The second kappa shape index (κ2) is 7.04. The molecule has 4 nitrogen and oxygen atoms in total. The Morgan fingerprint density at radius 2 is 1.87 bits per heavy atom. The van der Waals surface area contributed by atoms with E-state index >= 15 is 0 Å². The van der Waals surface area contributed by atoms with Crippen molar-refractivity contribution in [1.29, 1.82) is 0 Å². The number of nitrogens with two attached hydrogens (primary N) is 1. The van der Waals surface area contributed by atoms with E-state index in [4.69, 9.17) is 5.73 Å². The van der Waals surface area contributed by atoms with Gasteiger partial charge in [-0.15, -0.1) is 13.2 Å². The molecule has 0 spiro atoms. The van der Waals surface area contributed by atoms with E-state index in [0.29, 0.717) is 12.3 Å². The molecule has 23 heavy (non-hydrogen) atoms. The molecule has 126 valence electrons. The normalized spacial score (nSPS) is 13.3. The van der Waals surface area contributed by atoms with Gasteiger partial charge in [0.25, 0.3) is 0 Å². The molecule has 0 saturated carbocycles. The van der Waals surface area contributed by atoms with Crippen molar-refractivity contribution in [2.24, 2.45) is 11.7 Å². The monoisotopic (exact) mass is 327 g/mol. The first-order chi connectivity index (χ1) is 10.7. The first kappa shape index (κ1) is 17.3. The summed E-state index contributed by atoms with van der Waals surface area (Å²) in [6.07, 6.45) is -1.50. The number of aromatic nitrogens is 2. The molecule has 3 N–H and O–H groups in total. The van der Waals surface area contributed by atoms with Gasteiger partial charge in [-0.05, 0) is 42.2 Å². The second-order valence-electron chi connectivity index (χ2n) is 5.91. The number of imidazole rings is 1. The molecule has 0 saturated heterocycles. The van der Waals surface area contributed by atoms with Crippen LogP contribution >= 0.6 is 0 Å². The van der Waals surface area contributed by atoms with Gasteiger partial charge in [0.05, 0.1) is 11.9 Å². The molecule has 1 atom stereocenters. The SMILES string of the molecule is CC(C)C[C@@H](N)Cc1ncc(-c2ccc(OC(F)(F)F)cc2)[nH]1. The van der Waals surface area contributed by atoms with Crippen LogP contribution in [0.5, 0.6) is 5.75 Å². The summed E-state index contributed by atoms with van der Waals surface area (Å²) in [5, 5.41) is 0. The van der Waals surface area contributed by atoms with E-state index in [1.54, 1.807) is 18.3 Å². The maximum Gasteiger partial charge on any atom is 0.573 e. The molecule has 0 aliphatic carbocycles. The summed E-state index contributed by atoms with van der Waals surface area (Å²) in [4.78, 5) is 7.42. The fourth-order valence-electron chi connectivity index (χ4n) is 2.39. The van der Waals surface area contributed by atoms with E-state index in [2.05, 4.69) is 28.6 Å². The van der Waals surface area contributed by atoms with E-state index < -0.39 is 6.36 Å². The molecule has 1 aromatic carbocycles. The Balaban J connectivity index is 2.02. The van der Waals surface area contributed by atoms with Crippen molar-refractivity contribution in [2.45, 2.75) is 39.1 Å². The average molecular weight is 327 g/mol. The van der Waals surface area contributed by atoms with Crippen LogP contribution in [0.1, 0.15) is 26.1 Å². The van der Waals surface area contributed by atoms with E-state index in [1.807, 2.05) is 0 Å². The number of hydrogen-bond acceptors (Lipinski definition) is 3. The Kier molecular flexibility index (Phi) is 5.30. The van der Waals surface area contributed by atoms with E-state index in [-0.39, 0.29) is 11.8 Å². The fraction of sp³-hybridized carbons (Fsp3) is 0.438. The van der Waals surface area contributed by atoms with Crippen LogP contribution in [0.3, 0.4) is 0 Å². The number of alkyl halides is 3. The first-order valence-electron chi connectivity index (χ1n) is 7.38. The number of benzene rings is 1. The number of halogens is 3. The lowest BCUT2D eigenvalue weighted by molar-refractivity contribution is -0.274. The first-order valence-corrected chi connectivity index (χ1v) is 7.38. The molecule has 1 heterocycles. The molecule has 7 heteroatoms. The molecule has 0 unspecified atom stereocenters. The number of nitrogens with one attached hydrogen (secondary N) is 1. The number of ether oxygens (including phenoxy) is 1. The van der Waals surface area contributed by atoms with E-state index in [0.717, 1.165) is 23.5 Å². The smallest absolute Gasteiger partial charge is 0.406 e. The van der Waals surface area contributed by atoms with Gasteiger partial charge in [-0.25, -0.2) is 4.98 Å². The molecule has 2 aromatic rings. The van der Waals surface area contributed by atoms with Crippen molar-refractivity contribution in [2.75, 3.05) is 0 Å². The van der Waals surface area contributed by atoms with Gasteiger partial charge in [0.2, 0.25) is 0 Å². The topological polar surface area (TPSA) is 63.9 Å². The van der Waals surface area contributed by atoms with Crippen molar-refractivity contribution >= 4 is 0 Å². The van der Waals surface area contributed by atoms with Crippen molar-refractivity contribution in [3.63, 3.8) is 0 Å². The number of rotatable bonds is 6. The van der Waals surface area contributed by atoms with Crippen LogP contribution < -0.4 is 10.5 Å². The summed E-state index contributed by atoms with van der Waals surface area (Å²) in [7, 11) is 0. The second-order valence-corrected chi connectivity index (χ2v) is 5.91. The van der Waals surface area contributed by atoms with Crippen LogP contribution in [-0.2, 0) is 6.42 Å². The highest BCUT2D eigenvalue weighted by atomic mass is 19.4. The number of nitrogens with zero attached hydrogens (tertiary/aromatic N) is 1. The summed E-state index contributed by atoms with van der Waals surface area (Å²) in [5.74, 6) is 1.03.